The summed E-state index contributed by atoms with van der Waals surface area (Å²) in [6, 6.07) is 20.4. The van der Waals surface area contributed by atoms with Crippen LogP contribution in [0.2, 0.25) is 0 Å². The molecule has 0 saturated carbocycles. The molecule has 30 heavy (non-hydrogen) atoms. The molecule has 3 N–H and O–H groups in total. The predicted molar refractivity (Wildman–Crippen MR) is 117 cm³/mol. The zero-order valence-electron chi connectivity index (χ0n) is 16.5. The molecule has 1 fully saturated rings. The van der Waals surface area contributed by atoms with E-state index in [-0.39, 0.29) is 18.4 Å². The third-order valence-electron chi connectivity index (χ3n) is 5.24. The van der Waals surface area contributed by atoms with Crippen LogP contribution in [0.25, 0.3) is 10.8 Å². The molecule has 1 heterocycles. The minimum absolute atomic E-state index is 0.0895. The molecule has 2 amide bonds. The molecule has 0 unspecified atom stereocenters. The maximum Gasteiger partial charge on any atom is 0.247 e. The molecule has 0 aliphatic carbocycles. The Morgan fingerprint density at radius 1 is 0.967 bits per heavy atom. The fraction of sp³-hybridized carbons (Fsp3) is 0.217. The molecule has 0 spiro atoms. The fourth-order valence-corrected chi connectivity index (χ4v) is 3.76. The zero-order valence-corrected chi connectivity index (χ0v) is 16.5. The highest BCUT2D eigenvalue weighted by Crippen LogP contribution is 2.33. The molecule has 0 aromatic heterocycles. The van der Waals surface area contributed by atoms with E-state index in [2.05, 4.69) is 15.5 Å². The lowest BCUT2D eigenvalue weighted by molar-refractivity contribution is -0.135. The maximum absolute atomic E-state index is 12.9. The van der Waals surface area contributed by atoms with Gasteiger partial charge in [0, 0.05) is 23.0 Å². The van der Waals surface area contributed by atoms with E-state index in [0.717, 1.165) is 22.9 Å². The average molecular weight is 401 g/mol. The molecule has 3 aromatic carbocycles. The summed E-state index contributed by atoms with van der Waals surface area (Å²) in [5, 5.41) is 13.4. The van der Waals surface area contributed by atoms with Crippen molar-refractivity contribution in [1.82, 2.24) is 4.90 Å². The average Bonchev–Trinajstić information content (AvgIpc) is 3.29. The van der Waals surface area contributed by atoms with E-state index in [9.17, 15) is 9.59 Å². The van der Waals surface area contributed by atoms with E-state index < -0.39 is 6.04 Å². The number of hydrogen-bond donors (Lipinski definition) is 2. The number of carbonyl (C=O) groups excluding carboxylic acids is 2. The van der Waals surface area contributed by atoms with Crippen molar-refractivity contribution < 1.29 is 9.59 Å². The van der Waals surface area contributed by atoms with Crippen molar-refractivity contribution in [3.05, 3.63) is 66.7 Å². The van der Waals surface area contributed by atoms with Crippen LogP contribution >= 0.6 is 0 Å². The summed E-state index contributed by atoms with van der Waals surface area (Å²) in [7, 11) is 0. The van der Waals surface area contributed by atoms with E-state index in [4.69, 9.17) is 5.73 Å². The van der Waals surface area contributed by atoms with E-state index in [1.54, 1.807) is 4.90 Å². The predicted octanol–water partition coefficient (Wildman–Crippen LogP) is 4.14. The number of fused-ring (bicyclic) bond motifs is 1. The summed E-state index contributed by atoms with van der Waals surface area (Å²) in [5.41, 5.74) is 7.65. The van der Waals surface area contributed by atoms with Crippen LogP contribution in [0.4, 0.5) is 17.1 Å². The van der Waals surface area contributed by atoms with Crippen LogP contribution in [0.5, 0.6) is 0 Å². The molecule has 1 saturated heterocycles. The third-order valence-corrected chi connectivity index (χ3v) is 5.24. The summed E-state index contributed by atoms with van der Waals surface area (Å²) in [6.07, 6.45) is 1.43. The Kier molecular flexibility index (Phi) is 5.81. The second kappa shape index (κ2) is 8.84. The van der Waals surface area contributed by atoms with Gasteiger partial charge >= 0.3 is 0 Å². The highest BCUT2D eigenvalue weighted by molar-refractivity contribution is 6.07. The van der Waals surface area contributed by atoms with Crippen LogP contribution in [0.15, 0.2) is 77.0 Å². The van der Waals surface area contributed by atoms with Gasteiger partial charge in [-0.3, -0.25) is 9.59 Å². The lowest BCUT2D eigenvalue weighted by Crippen LogP contribution is -2.45. The van der Waals surface area contributed by atoms with Gasteiger partial charge in [0.15, 0.2) is 0 Å². The minimum atomic E-state index is -0.489. The topological polar surface area (TPSA) is 100 Å². The zero-order chi connectivity index (χ0) is 20.9. The van der Waals surface area contributed by atoms with Gasteiger partial charge in [-0.1, -0.05) is 42.5 Å². The van der Waals surface area contributed by atoms with Crippen molar-refractivity contribution in [3.8, 4) is 0 Å². The molecule has 152 valence electrons. The quantitative estimate of drug-likeness (QED) is 0.628. The van der Waals surface area contributed by atoms with Crippen molar-refractivity contribution in [3.63, 3.8) is 0 Å². The van der Waals surface area contributed by atoms with E-state index >= 15 is 0 Å². The van der Waals surface area contributed by atoms with Crippen molar-refractivity contribution >= 4 is 39.6 Å². The van der Waals surface area contributed by atoms with Gasteiger partial charge < -0.3 is 16.0 Å². The SMILES string of the molecule is NCC(=O)N1CCC[C@H]1C(=O)Nc1ccc(N=Nc2ccccc2)c2ccccc12. The van der Waals surface area contributed by atoms with E-state index in [1.807, 2.05) is 66.7 Å². The van der Waals surface area contributed by atoms with Gasteiger partial charge in [0.25, 0.3) is 0 Å². The van der Waals surface area contributed by atoms with E-state index in [1.165, 1.54) is 0 Å². The van der Waals surface area contributed by atoms with E-state index in [0.29, 0.717) is 24.3 Å². The summed E-state index contributed by atoms with van der Waals surface area (Å²) in [4.78, 5) is 26.5. The van der Waals surface area contributed by atoms with Crippen LogP contribution in [-0.2, 0) is 9.59 Å². The number of nitrogens with one attached hydrogen (secondary N) is 1. The molecular formula is C23H23N5O2. The molecule has 4 rings (SSSR count). The van der Waals surface area contributed by atoms with Gasteiger partial charge in [0.2, 0.25) is 11.8 Å². The number of azo groups is 1. The lowest BCUT2D eigenvalue weighted by atomic mass is 10.1. The number of rotatable bonds is 5. The van der Waals surface area contributed by atoms with Gasteiger partial charge in [-0.15, -0.1) is 5.11 Å². The van der Waals surface area contributed by atoms with Gasteiger partial charge in [-0.05, 0) is 37.1 Å². The van der Waals surface area contributed by atoms with Gasteiger partial charge in [0.1, 0.15) is 6.04 Å². The number of amides is 2. The van der Waals surface area contributed by atoms with Crippen molar-refractivity contribution in [2.45, 2.75) is 18.9 Å². The third kappa shape index (κ3) is 4.06. The van der Waals surface area contributed by atoms with Crippen molar-refractivity contribution in [2.75, 3.05) is 18.4 Å². The smallest absolute Gasteiger partial charge is 0.247 e. The summed E-state index contributed by atoms with van der Waals surface area (Å²) in [6.45, 7) is 0.474. The number of carbonyl (C=O) groups is 2. The molecule has 0 bridgehead atoms. The van der Waals surface area contributed by atoms with Crippen LogP contribution < -0.4 is 11.1 Å². The van der Waals surface area contributed by atoms with Crippen molar-refractivity contribution in [2.24, 2.45) is 16.0 Å². The number of nitrogens with two attached hydrogens (primary N) is 1. The lowest BCUT2D eigenvalue weighted by Gasteiger charge is -2.23. The normalized spacial score (nSPS) is 16.3. The summed E-state index contributed by atoms with van der Waals surface area (Å²) < 4.78 is 0. The number of anilines is 1. The Balaban J connectivity index is 1.61. The Hall–Kier alpha value is -3.58. The molecule has 7 heteroatoms. The largest absolute Gasteiger partial charge is 0.330 e. The Morgan fingerprint density at radius 3 is 2.47 bits per heavy atom. The molecular weight excluding hydrogens is 378 g/mol. The van der Waals surface area contributed by atoms with Crippen LogP contribution in [-0.4, -0.2) is 35.8 Å². The Morgan fingerprint density at radius 2 is 1.70 bits per heavy atom. The maximum atomic E-state index is 12.9. The standard InChI is InChI=1S/C23H23N5O2/c24-15-22(29)28-14-6-11-21(28)23(30)25-19-12-13-20(18-10-5-4-9-17(18)19)27-26-16-7-2-1-3-8-16/h1-5,7-10,12-13,21H,6,11,14-15,24H2,(H,25,30)/t21-/m0/s1. The molecule has 7 nitrogen and oxygen atoms in total. The highest BCUT2D eigenvalue weighted by Gasteiger charge is 2.33. The first-order valence-electron chi connectivity index (χ1n) is 9.96. The summed E-state index contributed by atoms with van der Waals surface area (Å²) in [5.74, 6) is -0.396. The highest BCUT2D eigenvalue weighted by atomic mass is 16.2. The molecule has 1 atom stereocenters. The number of hydrogen-bond acceptors (Lipinski definition) is 5. The van der Waals surface area contributed by atoms with Crippen LogP contribution in [0.1, 0.15) is 12.8 Å². The molecule has 0 radical (unpaired) electrons. The Labute approximate surface area is 174 Å². The molecule has 1 aliphatic rings. The van der Waals surface area contributed by atoms with Gasteiger partial charge in [0.05, 0.1) is 17.9 Å². The van der Waals surface area contributed by atoms with Gasteiger partial charge in [-0.25, -0.2) is 0 Å². The monoisotopic (exact) mass is 401 g/mol. The van der Waals surface area contributed by atoms with Crippen LogP contribution in [0, 0.1) is 0 Å². The minimum Gasteiger partial charge on any atom is -0.330 e. The number of likely N-dealkylation sites (tertiary alicyclic amines) is 1. The van der Waals surface area contributed by atoms with Crippen LogP contribution in [0.3, 0.4) is 0 Å². The first-order chi connectivity index (χ1) is 14.7. The number of nitrogens with zero attached hydrogens (tertiary/aromatic N) is 3. The number of benzene rings is 3. The Bertz CT molecular complexity index is 1100. The first kappa shape index (κ1) is 19.7. The first-order valence-corrected chi connectivity index (χ1v) is 9.96. The second-order valence-electron chi connectivity index (χ2n) is 7.15. The van der Waals surface area contributed by atoms with Gasteiger partial charge in [-0.2, -0.15) is 5.11 Å². The molecule has 3 aromatic rings. The van der Waals surface area contributed by atoms with Crippen molar-refractivity contribution in [1.29, 1.82) is 0 Å². The second-order valence-corrected chi connectivity index (χ2v) is 7.15. The molecule has 1 aliphatic heterocycles. The fourth-order valence-electron chi connectivity index (χ4n) is 3.76. The summed E-state index contributed by atoms with van der Waals surface area (Å²) >= 11 is 0.